The molecule has 1 atom stereocenters. The molecule has 6 heteroatoms. The predicted molar refractivity (Wildman–Crippen MR) is 77.3 cm³/mol. The van der Waals surface area contributed by atoms with Crippen LogP contribution in [0.5, 0.6) is 0 Å². The van der Waals surface area contributed by atoms with Gasteiger partial charge in [0, 0.05) is 45.0 Å². The Morgan fingerprint density at radius 3 is 3.00 bits per heavy atom. The lowest BCUT2D eigenvalue weighted by Crippen LogP contribution is -2.34. The molecule has 21 heavy (non-hydrogen) atoms. The second-order valence-corrected chi connectivity index (χ2v) is 6.09. The highest BCUT2D eigenvalue weighted by atomic mass is 16.2. The van der Waals surface area contributed by atoms with Crippen molar-refractivity contribution >= 4 is 11.8 Å². The monoisotopic (exact) mass is 290 g/mol. The Labute approximate surface area is 124 Å². The number of carbonyl (C=O) groups excluding carboxylic acids is 2. The zero-order valence-corrected chi connectivity index (χ0v) is 12.2. The van der Waals surface area contributed by atoms with E-state index in [4.69, 9.17) is 0 Å². The summed E-state index contributed by atoms with van der Waals surface area (Å²) < 4.78 is 1.99. The van der Waals surface area contributed by atoms with Crippen LogP contribution in [0.4, 0.5) is 0 Å². The highest BCUT2D eigenvalue weighted by Gasteiger charge is 2.36. The smallest absolute Gasteiger partial charge is 0.225 e. The third kappa shape index (κ3) is 3.83. The van der Waals surface area contributed by atoms with Crippen molar-refractivity contribution in [3.05, 3.63) is 18.7 Å². The van der Waals surface area contributed by atoms with Crippen molar-refractivity contribution < 1.29 is 9.59 Å². The molecule has 1 aromatic rings. The number of nitrogens with one attached hydrogen (secondary N) is 1. The molecule has 2 fully saturated rings. The first-order valence-corrected chi connectivity index (χ1v) is 7.73. The summed E-state index contributed by atoms with van der Waals surface area (Å²) in [5.41, 5.74) is 0. The van der Waals surface area contributed by atoms with Gasteiger partial charge in [-0.1, -0.05) is 0 Å². The lowest BCUT2D eigenvalue weighted by molar-refractivity contribution is -0.129. The van der Waals surface area contributed by atoms with E-state index in [1.807, 2.05) is 15.7 Å². The van der Waals surface area contributed by atoms with E-state index < -0.39 is 0 Å². The number of aromatic nitrogens is 2. The molecule has 114 valence electrons. The molecule has 0 aromatic carbocycles. The zero-order valence-electron chi connectivity index (χ0n) is 12.2. The van der Waals surface area contributed by atoms with Crippen LogP contribution < -0.4 is 5.32 Å². The average molecular weight is 290 g/mol. The maximum absolute atomic E-state index is 12.1. The highest BCUT2D eigenvalue weighted by molar-refractivity contribution is 5.89. The van der Waals surface area contributed by atoms with Gasteiger partial charge in [0.15, 0.2) is 0 Å². The van der Waals surface area contributed by atoms with Gasteiger partial charge in [0.2, 0.25) is 11.8 Å². The first-order chi connectivity index (χ1) is 10.2. The van der Waals surface area contributed by atoms with Crippen molar-refractivity contribution in [2.45, 2.75) is 32.2 Å². The molecule has 0 bridgehead atoms. The van der Waals surface area contributed by atoms with Crippen molar-refractivity contribution in [1.29, 1.82) is 0 Å². The van der Waals surface area contributed by atoms with E-state index in [0.717, 1.165) is 19.5 Å². The van der Waals surface area contributed by atoms with Gasteiger partial charge in [-0.3, -0.25) is 9.59 Å². The maximum atomic E-state index is 12.1. The summed E-state index contributed by atoms with van der Waals surface area (Å²) in [7, 11) is 0. The standard InChI is InChI=1S/C15H22N4O2/c20-14-8-13(10-19(14)9-12-2-3-12)15(21)17-4-1-6-18-7-5-16-11-18/h5,7,11-13H,1-4,6,8-10H2,(H,17,21). The van der Waals surface area contributed by atoms with Gasteiger partial charge in [-0.15, -0.1) is 0 Å². The lowest BCUT2D eigenvalue weighted by atomic mass is 10.1. The van der Waals surface area contributed by atoms with Crippen molar-refractivity contribution in [3.63, 3.8) is 0 Å². The second-order valence-electron chi connectivity index (χ2n) is 6.09. The van der Waals surface area contributed by atoms with Gasteiger partial charge in [-0.05, 0) is 25.2 Å². The number of likely N-dealkylation sites (tertiary alicyclic amines) is 1. The Bertz CT molecular complexity index is 496. The number of hydrogen-bond acceptors (Lipinski definition) is 3. The average Bonchev–Trinajstić information content (AvgIpc) is 2.98. The van der Waals surface area contributed by atoms with Crippen LogP contribution in [0, 0.1) is 11.8 Å². The molecular weight excluding hydrogens is 268 g/mol. The molecule has 6 nitrogen and oxygen atoms in total. The molecule has 1 aliphatic heterocycles. The normalized spacial score (nSPS) is 21.8. The third-order valence-electron chi connectivity index (χ3n) is 4.21. The maximum Gasteiger partial charge on any atom is 0.225 e. The van der Waals surface area contributed by atoms with Gasteiger partial charge in [-0.2, -0.15) is 0 Å². The van der Waals surface area contributed by atoms with E-state index in [1.165, 1.54) is 12.8 Å². The summed E-state index contributed by atoms with van der Waals surface area (Å²) in [4.78, 5) is 29.8. The Kier molecular flexibility index (Phi) is 4.22. The molecule has 2 aliphatic rings. The van der Waals surface area contributed by atoms with Crippen molar-refractivity contribution in [2.75, 3.05) is 19.6 Å². The minimum Gasteiger partial charge on any atom is -0.356 e. The van der Waals surface area contributed by atoms with Crippen molar-refractivity contribution in [2.24, 2.45) is 11.8 Å². The fraction of sp³-hybridized carbons (Fsp3) is 0.667. The Hall–Kier alpha value is -1.85. The quantitative estimate of drug-likeness (QED) is 0.750. The second kappa shape index (κ2) is 6.28. The molecule has 1 saturated heterocycles. The Morgan fingerprint density at radius 2 is 2.29 bits per heavy atom. The first kappa shape index (κ1) is 14.1. The highest BCUT2D eigenvalue weighted by Crippen LogP contribution is 2.31. The number of imidazole rings is 1. The molecule has 0 spiro atoms. The molecule has 2 amide bonds. The van der Waals surface area contributed by atoms with Crippen LogP contribution in [-0.2, 0) is 16.1 Å². The van der Waals surface area contributed by atoms with Gasteiger partial charge >= 0.3 is 0 Å². The Morgan fingerprint density at radius 1 is 1.43 bits per heavy atom. The number of nitrogens with zero attached hydrogens (tertiary/aromatic N) is 3. The van der Waals surface area contributed by atoms with E-state index in [-0.39, 0.29) is 17.7 Å². The van der Waals surface area contributed by atoms with Crippen LogP contribution in [0.1, 0.15) is 25.7 Å². The minimum atomic E-state index is -0.163. The minimum absolute atomic E-state index is 0.0206. The van der Waals surface area contributed by atoms with Crippen molar-refractivity contribution in [3.8, 4) is 0 Å². The third-order valence-corrected chi connectivity index (χ3v) is 4.21. The van der Waals surface area contributed by atoms with E-state index in [0.29, 0.717) is 25.4 Å². The summed E-state index contributed by atoms with van der Waals surface area (Å²) in [6.45, 7) is 2.94. The Balaban J connectivity index is 1.36. The molecule has 1 aliphatic carbocycles. The number of hydrogen-bond donors (Lipinski definition) is 1. The zero-order chi connectivity index (χ0) is 14.7. The van der Waals surface area contributed by atoms with Gasteiger partial charge in [0.1, 0.15) is 0 Å². The van der Waals surface area contributed by atoms with Crippen LogP contribution in [0.15, 0.2) is 18.7 Å². The van der Waals surface area contributed by atoms with Crippen LogP contribution in [0.25, 0.3) is 0 Å². The number of rotatable bonds is 7. The summed E-state index contributed by atoms with van der Waals surface area (Å²) in [6.07, 6.45) is 9.13. The molecule has 0 radical (unpaired) electrons. The van der Waals surface area contributed by atoms with Crippen LogP contribution in [0.2, 0.25) is 0 Å². The topological polar surface area (TPSA) is 67.2 Å². The molecule has 2 heterocycles. The molecule has 3 rings (SSSR count). The predicted octanol–water partition coefficient (Wildman–Crippen LogP) is 0.648. The fourth-order valence-corrected chi connectivity index (χ4v) is 2.77. The van der Waals surface area contributed by atoms with E-state index in [2.05, 4.69) is 10.3 Å². The summed E-state index contributed by atoms with van der Waals surface area (Å²) in [5.74, 6) is 0.683. The lowest BCUT2D eigenvalue weighted by Gasteiger charge is -2.16. The molecular formula is C15H22N4O2. The van der Waals surface area contributed by atoms with E-state index >= 15 is 0 Å². The summed E-state index contributed by atoms with van der Waals surface area (Å²) in [6, 6.07) is 0. The number of carbonyl (C=O) groups is 2. The molecule has 1 aromatic heterocycles. The number of amides is 2. The van der Waals surface area contributed by atoms with Gasteiger partial charge in [-0.25, -0.2) is 4.98 Å². The van der Waals surface area contributed by atoms with Crippen molar-refractivity contribution in [1.82, 2.24) is 19.8 Å². The van der Waals surface area contributed by atoms with Crippen LogP contribution in [0.3, 0.4) is 0 Å². The number of aryl methyl sites for hydroxylation is 1. The SMILES string of the molecule is O=C(NCCCn1ccnc1)C1CC(=O)N(CC2CC2)C1. The van der Waals surface area contributed by atoms with Gasteiger partial charge in [0.25, 0.3) is 0 Å². The van der Waals surface area contributed by atoms with Gasteiger partial charge < -0.3 is 14.8 Å². The largest absolute Gasteiger partial charge is 0.356 e. The summed E-state index contributed by atoms with van der Waals surface area (Å²) in [5, 5.41) is 2.95. The summed E-state index contributed by atoms with van der Waals surface area (Å²) >= 11 is 0. The van der Waals surface area contributed by atoms with E-state index in [9.17, 15) is 9.59 Å². The molecule has 1 unspecified atom stereocenters. The molecule has 1 saturated carbocycles. The van der Waals surface area contributed by atoms with Crippen LogP contribution in [-0.4, -0.2) is 45.9 Å². The first-order valence-electron chi connectivity index (χ1n) is 7.73. The molecule has 1 N–H and O–H groups in total. The fourth-order valence-electron chi connectivity index (χ4n) is 2.77. The van der Waals surface area contributed by atoms with E-state index in [1.54, 1.807) is 12.5 Å². The van der Waals surface area contributed by atoms with Crippen LogP contribution >= 0.6 is 0 Å². The van der Waals surface area contributed by atoms with Gasteiger partial charge in [0.05, 0.1) is 12.2 Å².